The van der Waals surface area contributed by atoms with Crippen molar-refractivity contribution in [2.24, 2.45) is 0 Å². The topological polar surface area (TPSA) is 20.2 Å². The van der Waals surface area contributed by atoms with Gasteiger partial charge in [0.25, 0.3) is 0 Å². The van der Waals surface area contributed by atoms with E-state index >= 15 is 0 Å². The van der Waals surface area contributed by atoms with Gasteiger partial charge in [0.1, 0.15) is 5.82 Å². The number of hydrogen-bond donors (Lipinski definition) is 1. The minimum absolute atomic E-state index is 0.0386. The van der Waals surface area contributed by atoms with E-state index in [1.807, 2.05) is 0 Å². The molecule has 1 N–H and O–H groups in total. The highest BCUT2D eigenvalue weighted by atomic mass is 35.5. The van der Waals surface area contributed by atoms with Crippen LogP contribution in [0.25, 0.3) is 0 Å². The van der Waals surface area contributed by atoms with Crippen molar-refractivity contribution in [1.29, 1.82) is 0 Å². The molecule has 1 aromatic carbocycles. The smallest absolute Gasteiger partial charge is 0.142 e. The van der Waals surface area contributed by atoms with Crippen LogP contribution in [0.5, 0.6) is 0 Å². The molecule has 1 nitrogen and oxygen atoms in total. The van der Waals surface area contributed by atoms with Crippen LogP contribution in [0.4, 0.5) is 4.39 Å². The summed E-state index contributed by atoms with van der Waals surface area (Å²) in [6, 6.07) is 4.13. The van der Waals surface area contributed by atoms with Crippen LogP contribution in [-0.4, -0.2) is 5.11 Å². The molecule has 1 unspecified atom stereocenters. The average Bonchev–Trinajstić information content (AvgIpc) is 2.10. The molecule has 13 heavy (non-hydrogen) atoms. The zero-order chi connectivity index (χ0) is 9.84. The molecule has 1 aromatic rings. The summed E-state index contributed by atoms with van der Waals surface area (Å²) in [7, 11) is 0. The number of halogens is 2. The molecule has 0 saturated heterocycles. The predicted octanol–water partition coefficient (Wildman–Crippen LogP) is 2.54. The fraction of sp³-hybridized carbons (Fsp3) is 0.200. The van der Waals surface area contributed by atoms with Crippen LogP contribution >= 0.6 is 11.6 Å². The molecule has 68 valence electrons. The van der Waals surface area contributed by atoms with Gasteiger partial charge >= 0.3 is 0 Å². The molecule has 0 saturated carbocycles. The lowest BCUT2D eigenvalue weighted by atomic mass is 10.1. The monoisotopic (exact) mass is 198 g/mol. The van der Waals surface area contributed by atoms with Gasteiger partial charge < -0.3 is 5.11 Å². The number of benzene rings is 1. The van der Waals surface area contributed by atoms with E-state index in [0.29, 0.717) is 5.56 Å². The fourth-order valence-electron chi connectivity index (χ4n) is 0.949. The highest BCUT2D eigenvalue weighted by Gasteiger charge is 2.08. The third-order valence-corrected chi connectivity index (χ3v) is 1.95. The second-order valence-electron chi connectivity index (χ2n) is 2.60. The first kappa shape index (κ1) is 10.0. The Kier molecular flexibility index (Phi) is 3.30. The fourth-order valence-corrected chi connectivity index (χ4v) is 1.07. The third-order valence-electron chi connectivity index (χ3n) is 1.64. The van der Waals surface area contributed by atoms with Crippen LogP contribution in [-0.2, 0) is 0 Å². The lowest BCUT2D eigenvalue weighted by molar-refractivity contribution is 0.183. The van der Waals surface area contributed by atoms with Gasteiger partial charge in [0.05, 0.1) is 11.1 Å². The van der Waals surface area contributed by atoms with E-state index in [1.54, 1.807) is 6.07 Å². The van der Waals surface area contributed by atoms with E-state index in [0.717, 1.165) is 0 Å². The van der Waals surface area contributed by atoms with Gasteiger partial charge in [-0.1, -0.05) is 17.7 Å². The van der Waals surface area contributed by atoms with Gasteiger partial charge in [0.2, 0.25) is 0 Å². The van der Waals surface area contributed by atoms with Crippen molar-refractivity contribution in [3.63, 3.8) is 0 Å². The Bertz CT molecular complexity index is 343. The summed E-state index contributed by atoms with van der Waals surface area (Å²) in [5.74, 6) is 1.75. The Labute approximate surface area is 81.2 Å². The zero-order valence-corrected chi connectivity index (χ0v) is 7.55. The predicted molar refractivity (Wildman–Crippen MR) is 49.8 cm³/mol. The van der Waals surface area contributed by atoms with E-state index < -0.39 is 11.9 Å². The maximum atomic E-state index is 12.9. The van der Waals surface area contributed by atoms with Gasteiger partial charge in [-0.05, 0) is 17.7 Å². The minimum atomic E-state index is -0.822. The van der Waals surface area contributed by atoms with E-state index in [-0.39, 0.29) is 11.4 Å². The van der Waals surface area contributed by atoms with Crippen molar-refractivity contribution in [3.8, 4) is 12.3 Å². The van der Waals surface area contributed by atoms with Gasteiger partial charge in [-0.15, -0.1) is 12.3 Å². The molecule has 0 aliphatic rings. The van der Waals surface area contributed by atoms with Crippen molar-refractivity contribution < 1.29 is 9.50 Å². The molecule has 0 radical (unpaired) electrons. The summed E-state index contributed by atoms with van der Waals surface area (Å²) < 4.78 is 12.9. The highest BCUT2D eigenvalue weighted by Crippen LogP contribution is 2.21. The number of aliphatic hydroxyl groups is 1. The quantitative estimate of drug-likeness (QED) is 0.725. The van der Waals surface area contributed by atoms with Crippen LogP contribution in [0.1, 0.15) is 18.1 Å². The molecule has 0 aliphatic heterocycles. The van der Waals surface area contributed by atoms with Crippen molar-refractivity contribution >= 4 is 11.6 Å². The second kappa shape index (κ2) is 4.27. The van der Waals surface area contributed by atoms with Crippen LogP contribution < -0.4 is 0 Å². The summed E-state index contributed by atoms with van der Waals surface area (Å²) in [6.07, 6.45) is 4.35. The average molecular weight is 199 g/mol. The summed E-state index contributed by atoms with van der Waals surface area (Å²) in [6.45, 7) is 0. The largest absolute Gasteiger partial charge is 0.387 e. The van der Waals surface area contributed by atoms with E-state index in [1.165, 1.54) is 12.1 Å². The van der Waals surface area contributed by atoms with E-state index in [4.69, 9.17) is 18.0 Å². The number of rotatable bonds is 2. The highest BCUT2D eigenvalue weighted by molar-refractivity contribution is 6.30. The van der Waals surface area contributed by atoms with Gasteiger partial charge in [-0.2, -0.15) is 0 Å². The summed E-state index contributed by atoms with van der Waals surface area (Å²) in [5.41, 5.74) is 0.444. The number of terminal acetylenes is 1. The van der Waals surface area contributed by atoms with Crippen molar-refractivity contribution in [2.75, 3.05) is 0 Å². The Morgan fingerprint density at radius 3 is 2.85 bits per heavy atom. The van der Waals surface area contributed by atoms with Crippen LogP contribution in [0.2, 0.25) is 5.02 Å². The van der Waals surface area contributed by atoms with Crippen molar-refractivity contribution in [3.05, 3.63) is 34.6 Å². The van der Waals surface area contributed by atoms with E-state index in [9.17, 15) is 9.50 Å². The normalized spacial score (nSPS) is 12.2. The molecule has 0 aromatic heterocycles. The Morgan fingerprint density at radius 2 is 2.31 bits per heavy atom. The Morgan fingerprint density at radius 1 is 1.62 bits per heavy atom. The number of aliphatic hydroxyl groups excluding tert-OH is 1. The molecule has 0 fully saturated rings. The van der Waals surface area contributed by atoms with Crippen LogP contribution in [0.3, 0.4) is 0 Å². The molecular formula is C10H8ClFO. The van der Waals surface area contributed by atoms with E-state index in [2.05, 4.69) is 5.92 Å². The SMILES string of the molecule is C#CCC(O)c1ccc(Cl)c(F)c1. The molecule has 3 heteroatoms. The lowest BCUT2D eigenvalue weighted by Crippen LogP contribution is -1.96. The standard InChI is InChI=1S/C10H8ClFO/c1-2-3-10(13)7-4-5-8(11)9(12)6-7/h1,4-6,10,13H,3H2. The molecular weight excluding hydrogens is 191 g/mol. The Hall–Kier alpha value is -1.04. The van der Waals surface area contributed by atoms with Gasteiger partial charge in [-0.3, -0.25) is 0 Å². The van der Waals surface area contributed by atoms with Crippen molar-refractivity contribution in [1.82, 2.24) is 0 Å². The third kappa shape index (κ3) is 2.45. The van der Waals surface area contributed by atoms with Gasteiger partial charge in [-0.25, -0.2) is 4.39 Å². The summed E-state index contributed by atoms with van der Waals surface area (Å²) >= 11 is 5.47. The first-order chi connectivity index (χ1) is 6.15. The first-order valence-corrected chi connectivity index (χ1v) is 4.09. The summed E-state index contributed by atoms with van der Waals surface area (Å²) in [4.78, 5) is 0. The summed E-state index contributed by atoms with van der Waals surface area (Å²) in [5, 5.41) is 9.42. The second-order valence-corrected chi connectivity index (χ2v) is 3.00. The molecule has 0 bridgehead atoms. The molecule has 1 rings (SSSR count). The lowest BCUT2D eigenvalue weighted by Gasteiger charge is -2.07. The molecule has 1 atom stereocenters. The van der Waals surface area contributed by atoms with Crippen LogP contribution in [0.15, 0.2) is 18.2 Å². The minimum Gasteiger partial charge on any atom is -0.387 e. The first-order valence-electron chi connectivity index (χ1n) is 3.71. The zero-order valence-electron chi connectivity index (χ0n) is 6.80. The van der Waals surface area contributed by atoms with Crippen molar-refractivity contribution in [2.45, 2.75) is 12.5 Å². The maximum absolute atomic E-state index is 12.9. The van der Waals surface area contributed by atoms with Crippen LogP contribution in [0, 0.1) is 18.2 Å². The van der Waals surface area contributed by atoms with Gasteiger partial charge in [0, 0.05) is 6.42 Å². The molecule has 0 heterocycles. The van der Waals surface area contributed by atoms with Gasteiger partial charge in [0.15, 0.2) is 0 Å². The molecule has 0 aliphatic carbocycles. The molecule has 0 amide bonds. The molecule has 0 spiro atoms. The maximum Gasteiger partial charge on any atom is 0.142 e. The number of hydrogen-bond acceptors (Lipinski definition) is 1. The Balaban J connectivity index is 2.91.